The first-order valence-corrected chi connectivity index (χ1v) is 10.0. The highest BCUT2D eigenvalue weighted by Gasteiger charge is 2.25. The van der Waals surface area contributed by atoms with Crippen molar-refractivity contribution in [3.05, 3.63) is 95.6 Å². The van der Waals surface area contributed by atoms with Crippen LogP contribution in [0.3, 0.4) is 0 Å². The lowest BCUT2D eigenvalue weighted by Crippen LogP contribution is -2.19. The summed E-state index contributed by atoms with van der Waals surface area (Å²) in [6.07, 6.45) is 1.84. The summed E-state index contributed by atoms with van der Waals surface area (Å²) in [5, 5.41) is 0. The van der Waals surface area contributed by atoms with Crippen molar-refractivity contribution >= 4 is 17.7 Å². The summed E-state index contributed by atoms with van der Waals surface area (Å²) in [7, 11) is 8.15. The van der Waals surface area contributed by atoms with Gasteiger partial charge in [0.2, 0.25) is 0 Å². The number of nitrogens with zero attached hydrogens (tertiary/aromatic N) is 2. The molecule has 0 unspecified atom stereocenters. The number of anilines is 2. The fourth-order valence-electron chi connectivity index (χ4n) is 3.78. The Balaban J connectivity index is 2.00. The number of hydrogen-bond acceptors (Lipinski definition) is 3. The van der Waals surface area contributed by atoms with Gasteiger partial charge in [0, 0.05) is 51.4 Å². The normalized spacial score (nSPS) is 11.9. The van der Waals surface area contributed by atoms with E-state index in [9.17, 15) is 4.79 Å². The lowest BCUT2D eigenvalue weighted by molar-refractivity contribution is -0.111. The highest BCUT2D eigenvalue weighted by Crippen LogP contribution is 2.35. The standard InChI is InChI=1S/C26H30N2O/c1-27(2)24-14-10-21(11-15-24)26(22-12-16-25(17-13-22)28(3)4)23(19-29)18-20-8-6-5-7-9-20/h5-17,19,23,26H,18H2,1-4H3/t23-/m0/s1. The van der Waals surface area contributed by atoms with Crippen molar-refractivity contribution in [2.24, 2.45) is 5.92 Å². The average molecular weight is 387 g/mol. The van der Waals surface area contributed by atoms with Crippen LogP contribution >= 0.6 is 0 Å². The maximum atomic E-state index is 12.2. The summed E-state index contributed by atoms with van der Waals surface area (Å²) >= 11 is 0. The van der Waals surface area contributed by atoms with E-state index < -0.39 is 0 Å². The van der Waals surface area contributed by atoms with Crippen LogP contribution in [0.15, 0.2) is 78.9 Å². The van der Waals surface area contributed by atoms with Crippen LogP contribution in [0.5, 0.6) is 0 Å². The van der Waals surface area contributed by atoms with Crippen LogP contribution in [0.1, 0.15) is 22.6 Å². The molecule has 3 aromatic rings. The van der Waals surface area contributed by atoms with E-state index in [2.05, 4.69) is 70.5 Å². The Hall–Kier alpha value is -3.07. The third-order valence-electron chi connectivity index (χ3n) is 5.45. The second-order valence-electron chi connectivity index (χ2n) is 7.94. The van der Waals surface area contributed by atoms with Crippen molar-refractivity contribution in [2.75, 3.05) is 38.0 Å². The van der Waals surface area contributed by atoms with Gasteiger partial charge in [0.15, 0.2) is 0 Å². The molecule has 0 radical (unpaired) electrons. The SMILES string of the molecule is CN(C)c1ccc(C(c2ccc(N(C)C)cc2)[C@H](C=O)Cc2ccccc2)cc1. The van der Waals surface area contributed by atoms with Crippen LogP contribution in [0.2, 0.25) is 0 Å². The topological polar surface area (TPSA) is 23.6 Å². The molecule has 0 fully saturated rings. The first kappa shape index (κ1) is 20.7. The van der Waals surface area contributed by atoms with Gasteiger partial charge in [-0.1, -0.05) is 54.6 Å². The Morgan fingerprint density at radius 3 is 1.52 bits per heavy atom. The zero-order chi connectivity index (χ0) is 20.8. The monoisotopic (exact) mass is 386 g/mol. The van der Waals surface area contributed by atoms with Gasteiger partial charge in [0.1, 0.15) is 6.29 Å². The highest BCUT2D eigenvalue weighted by atomic mass is 16.1. The van der Waals surface area contributed by atoms with Gasteiger partial charge in [-0.05, 0) is 47.4 Å². The summed E-state index contributed by atoms with van der Waals surface area (Å²) in [4.78, 5) is 16.4. The minimum atomic E-state index is -0.132. The van der Waals surface area contributed by atoms with Gasteiger partial charge in [-0.2, -0.15) is 0 Å². The highest BCUT2D eigenvalue weighted by molar-refractivity contribution is 5.60. The molecule has 0 aliphatic heterocycles. The molecule has 0 amide bonds. The Labute approximate surface area is 174 Å². The quantitative estimate of drug-likeness (QED) is 0.509. The maximum Gasteiger partial charge on any atom is 0.124 e. The summed E-state index contributed by atoms with van der Waals surface area (Å²) in [5.41, 5.74) is 5.83. The van der Waals surface area contributed by atoms with Crippen LogP contribution in [0.25, 0.3) is 0 Å². The van der Waals surface area contributed by atoms with Gasteiger partial charge in [-0.15, -0.1) is 0 Å². The molecule has 150 valence electrons. The predicted octanol–water partition coefficient (Wildman–Crippen LogP) is 5.01. The molecular formula is C26H30N2O. The van der Waals surface area contributed by atoms with Crippen LogP contribution in [-0.4, -0.2) is 34.5 Å². The summed E-state index contributed by atoms with van der Waals surface area (Å²) in [6, 6.07) is 27.4. The molecule has 0 saturated heterocycles. The number of carbonyl (C=O) groups excluding carboxylic acids is 1. The number of rotatable bonds is 8. The van der Waals surface area contributed by atoms with E-state index in [4.69, 9.17) is 0 Å². The number of hydrogen-bond donors (Lipinski definition) is 0. The summed E-state index contributed by atoms with van der Waals surface area (Å²) in [6.45, 7) is 0. The Morgan fingerprint density at radius 2 is 1.14 bits per heavy atom. The molecular weight excluding hydrogens is 356 g/mol. The maximum absolute atomic E-state index is 12.2. The minimum Gasteiger partial charge on any atom is -0.378 e. The lowest BCUT2D eigenvalue weighted by Gasteiger charge is -2.26. The molecule has 0 bridgehead atoms. The summed E-state index contributed by atoms with van der Waals surface area (Å²) < 4.78 is 0. The van der Waals surface area contributed by atoms with E-state index in [0.29, 0.717) is 0 Å². The smallest absolute Gasteiger partial charge is 0.124 e. The molecule has 3 rings (SSSR count). The number of aldehydes is 1. The Morgan fingerprint density at radius 1 is 0.690 bits per heavy atom. The third kappa shape index (κ3) is 5.05. The largest absolute Gasteiger partial charge is 0.378 e. The van der Waals surface area contributed by atoms with Crippen molar-refractivity contribution in [3.63, 3.8) is 0 Å². The van der Waals surface area contributed by atoms with Crippen LogP contribution < -0.4 is 9.80 Å². The molecule has 29 heavy (non-hydrogen) atoms. The molecule has 1 atom stereocenters. The zero-order valence-electron chi connectivity index (χ0n) is 17.7. The molecule has 0 aliphatic carbocycles. The Bertz CT molecular complexity index is 848. The molecule has 0 spiro atoms. The van der Waals surface area contributed by atoms with Crippen molar-refractivity contribution in [3.8, 4) is 0 Å². The molecule has 0 heterocycles. The van der Waals surface area contributed by atoms with Crippen molar-refractivity contribution in [2.45, 2.75) is 12.3 Å². The molecule has 3 nitrogen and oxygen atoms in total. The van der Waals surface area contributed by atoms with Crippen molar-refractivity contribution in [1.29, 1.82) is 0 Å². The fourth-order valence-corrected chi connectivity index (χ4v) is 3.78. The predicted molar refractivity (Wildman–Crippen MR) is 123 cm³/mol. The second kappa shape index (κ2) is 9.42. The summed E-state index contributed by atoms with van der Waals surface area (Å²) in [5.74, 6) is -0.118. The van der Waals surface area contributed by atoms with Crippen LogP contribution in [0.4, 0.5) is 11.4 Å². The van der Waals surface area contributed by atoms with E-state index >= 15 is 0 Å². The van der Waals surface area contributed by atoms with E-state index in [-0.39, 0.29) is 11.8 Å². The van der Waals surface area contributed by atoms with Crippen molar-refractivity contribution < 1.29 is 4.79 Å². The van der Waals surface area contributed by atoms with E-state index in [1.807, 2.05) is 46.4 Å². The number of carbonyl (C=O) groups is 1. The van der Waals surface area contributed by atoms with Gasteiger partial charge >= 0.3 is 0 Å². The molecule has 0 aliphatic rings. The van der Waals surface area contributed by atoms with Crippen LogP contribution in [0, 0.1) is 5.92 Å². The fraction of sp³-hybridized carbons (Fsp3) is 0.269. The first-order chi connectivity index (χ1) is 14.0. The lowest BCUT2D eigenvalue weighted by atomic mass is 9.78. The van der Waals surface area contributed by atoms with Gasteiger partial charge < -0.3 is 14.6 Å². The molecule has 0 saturated carbocycles. The van der Waals surface area contributed by atoms with Gasteiger partial charge in [-0.3, -0.25) is 0 Å². The van der Waals surface area contributed by atoms with Gasteiger partial charge in [-0.25, -0.2) is 0 Å². The minimum absolute atomic E-state index is 0.0140. The van der Waals surface area contributed by atoms with Gasteiger partial charge in [0.05, 0.1) is 0 Å². The average Bonchev–Trinajstić information content (AvgIpc) is 2.74. The van der Waals surface area contributed by atoms with E-state index in [0.717, 1.165) is 24.1 Å². The zero-order valence-corrected chi connectivity index (χ0v) is 17.7. The molecule has 3 aromatic carbocycles. The van der Waals surface area contributed by atoms with Crippen LogP contribution in [-0.2, 0) is 11.2 Å². The Kier molecular flexibility index (Phi) is 6.71. The molecule has 0 N–H and O–H groups in total. The molecule has 3 heteroatoms. The first-order valence-electron chi connectivity index (χ1n) is 10.0. The second-order valence-corrected chi connectivity index (χ2v) is 7.94. The van der Waals surface area contributed by atoms with Gasteiger partial charge in [0.25, 0.3) is 0 Å². The number of benzene rings is 3. The molecule has 0 aromatic heterocycles. The van der Waals surface area contributed by atoms with E-state index in [1.54, 1.807) is 0 Å². The van der Waals surface area contributed by atoms with Crippen molar-refractivity contribution in [1.82, 2.24) is 0 Å². The van der Waals surface area contributed by atoms with E-state index in [1.165, 1.54) is 16.7 Å². The third-order valence-corrected chi connectivity index (χ3v) is 5.45.